The van der Waals surface area contributed by atoms with Crippen LogP contribution < -0.4 is 26.0 Å². The average Bonchev–Trinajstić information content (AvgIpc) is 2.69. The van der Waals surface area contributed by atoms with Gasteiger partial charge in [0.25, 0.3) is 5.91 Å². The number of carbonyl (C=O) groups excluding carboxylic acids is 3. The van der Waals surface area contributed by atoms with Crippen LogP contribution in [0, 0.1) is 0 Å². The van der Waals surface area contributed by atoms with E-state index in [-0.39, 0.29) is 24.8 Å². The van der Waals surface area contributed by atoms with Crippen molar-refractivity contribution >= 4 is 23.5 Å². The quantitative estimate of drug-likeness (QED) is 0.445. The summed E-state index contributed by atoms with van der Waals surface area (Å²) in [6.07, 6.45) is 0.178. The summed E-state index contributed by atoms with van der Waals surface area (Å²) >= 11 is 0. The van der Waals surface area contributed by atoms with E-state index in [4.69, 9.17) is 19.9 Å². The van der Waals surface area contributed by atoms with Crippen LogP contribution in [0.5, 0.6) is 5.75 Å². The first-order chi connectivity index (χ1) is 13.6. The van der Waals surface area contributed by atoms with Crippen LogP contribution in [-0.2, 0) is 14.3 Å². The Hall–Kier alpha value is -2.69. The van der Waals surface area contributed by atoms with Crippen LogP contribution in [0.4, 0.5) is 10.5 Å². The Morgan fingerprint density at radius 2 is 1.96 bits per heavy atom. The standard InChI is InChI=1S/C18H26N4O6/c1-26-15-3-2-13(12-14(15)22-7-4-16(23)21-18(22)25)17(24)20-6-9-28-11-10-27-8-5-19/h2-3,12H,4-11,19H2,1H3,(H,20,24)(H,21,23,25). The summed E-state index contributed by atoms with van der Waals surface area (Å²) in [5.41, 5.74) is 6.10. The molecule has 10 nitrogen and oxygen atoms in total. The molecule has 2 rings (SSSR count). The third kappa shape index (κ3) is 6.19. The van der Waals surface area contributed by atoms with Gasteiger partial charge in [0.15, 0.2) is 0 Å². The van der Waals surface area contributed by atoms with Gasteiger partial charge in [-0.1, -0.05) is 0 Å². The highest BCUT2D eigenvalue weighted by molar-refractivity contribution is 6.07. The smallest absolute Gasteiger partial charge is 0.328 e. The topological polar surface area (TPSA) is 132 Å². The molecule has 28 heavy (non-hydrogen) atoms. The van der Waals surface area contributed by atoms with Gasteiger partial charge in [0.1, 0.15) is 5.75 Å². The van der Waals surface area contributed by atoms with Gasteiger partial charge in [0.2, 0.25) is 5.91 Å². The van der Waals surface area contributed by atoms with Gasteiger partial charge in [0, 0.05) is 31.6 Å². The lowest BCUT2D eigenvalue weighted by atomic mass is 10.1. The van der Waals surface area contributed by atoms with Crippen LogP contribution >= 0.6 is 0 Å². The number of hydrogen-bond acceptors (Lipinski definition) is 7. The van der Waals surface area contributed by atoms with Crippen molar-refractivity contribution in [3.63, 3.8) is 0 Å². The molecule has 0 aromatic heterocycles. The molecule has 4 N–H and O–H groups in total. The zero-order valence-electron chi connectivity index (χ0n) is 15.9. The number of methoxy groups -OCH3 is 1. The van der Waals surface area contributed by atoms with Crippen LogP contribution in [0.1, 0.15) is 16.8 Å². The molecule has 10 heteroatoms. The molecule has 0 bridgehead atoms. The molecule has 0 unspecified atom stereocenters. The summed E-state index contributed by atoms with van der Waals surface area (Å²) in [5, 5.41) is 5.00. The number of carbonyl (C=O) groups is 3. The fourth-order valence-corrected chi connectivity index (χ4v) is 2.58. The number of amides is 4. The summed E-state index contributed by atoms with van der Waals surface area (Å²) in [6.45, 7) is 2.72. The second-order valence-electron chi connectivity index (χ2n) is 5.91. The van der Waals surface area contributed by atoms with E-state index in [1.807, 2.05) is 0 Å². The fraction of sp³-hybridized carbons (Fsp3) is 0.500. The van der Waals surface area contributed by atoms with Crippen molar-refractivity contribution in [1.82, 2.24) is 10.6 Å². The number of hydrogen-bond donors (Lipinski definition) is 3. The van der Waals surface area contributed by atoms with E-state index >= 15 is 0 Å². The monoisotopic (exact) mass is 394 g/mol. The molecule has 1 saturated heterocycles. The van der Waals surface area contributed by atoms with Crippen molar-refractivity contribution in [2.75, 3.05) is 58.1 Å². The minimum Gasteiger partial charge on any atom is -0.495 e. The van der Waals surface area contributed by atoms with Gasteiger partial charge >= 0.3 is 6.03 Å². The third-order valence-corrected chi connectivity index (χ3v) is 3.95. The molecule has 1 aliphatic heterocycles. The fourth-order valence-electron chi connectivity index (χ4n) is 2.58. The highest BCUT2D eigenvalue weighted by Crippen LogP contribution is 2.30. The lowest BCUT2D eigenvalue weighted by Gasteiger charge is -2.28. The molecule has 1 aromatic rings. The van der Waals surface area contributed by atoms with Gasteiger partial charge in [-0.15, -0.1) is 0 Å². The Morgan fingerprint density at radius 3 is 2.64 bits per heavy atom. The lowest BCUT2D eigenvalue weighted by Crippen LogP contribution is -2.49. The first kappa shape index (κ1) is 21.6. The van der Waals surface area contributed by atoms with E-state index in [9.17, 15) is 14.4 Å². The normalized spacial score (nSPS) is 14.0. The van der Waals surface area contributed by atoms with Gasteiger partial charge in [-0.25, -0.2) is 4.79 Å². The van der Waals surface area contributed by atoms with Crippen LogP contribution in [0.2, 0.25) is 0 Å². The van der Waals surface area contributed by atoms with Crippen molar-refractivity contribution in [3.8, 4) is 5.75 Å². The minimum absolute atomic E-state index is 0.178. The maximum atomic E-state index is 12.4. The Bertz CT molecular complexity index is 697. The number of nitrogens with two attached hydrogens (primary N) is 1. The number of rotatable bonds is 11. The summed E-state index contributed by atoms with van der Waals surface area (Å²) in [4.78, 5) is 37.2. The molecule has 0 radical (unpaired) electrons. The Labute approximate surface area is 163 Å². The zero-order valence-corrected chi connectivity index (χ0v) is 15.9. The van der Waals surface area contributed by atoms with E-state index in [0.29, 0.717) is 56.5 Å². The predicted molar refractivity (Wildman–Crippen MR) is 102 cm³/mol. The molecule has 0 atom stereocenters. The van der Waals surface area contributed by atoms with Crippen LogP contribution in [0.3, 0.4) is 0 Å². The van der Waals surface area contributed by atoms with Crippen LogP contribution in [0.25, 0.3) is 0 Å². The molecule has 1 aromatic carbocycles. The molecule has 0 aliphatic carbocycles. The zero-order chi connectivity index (χ0) is 20.4. The van der Waals surface area contributed by atoms with Crippen LogP contribution in [-0.4, -0.2) is 71.0 Å². The molecule has 154 valence electrons. The Kier molecular flexibility index (Phi) is 8.66. The second kappa shape index (κ2) is 11.2. The van der Waals surface area contributed by atoms with E-state index in [0.717, 1.165) is 0 Å². The van der Waals surface area contributed by atoms with Gasteiger partial charge in [0.05, 0.1) is 39.2 Å². The van der Waals surface area contributed by atoms with Crippen molar-refractivity contribution in [2.45, 2.75) is 6.42 Å². The van der Waals surface area contributed by atoms with Crippen molar-refractivity contribution in [2.24, 2.45) is 5.73 Å². The second-order valence-corrected chi connectivity index (χ2v) is 5.91. The van der Waals surface area contributed by atoms with Crippen molar-refractivity contribution < 1.29 is 28.6 Å². The Balaban J connectivity index is 1.90. The first-order valence-corrected chi connectivity index (χ1v) is 9.00. The number of ether oxygens (including phenoxy) is 3. The predicted octanol–water partition coefficient (Wildman–Crippen LogP) is -0.137. The molecule has 1 heterocycles. The number of imide groups is 1. The minimum atomic E-state index is -0.544. The molecular formula is C18H26N4O6. The molecule has 4 amide bonds. The molecule has 1 aliphatic rings. The van der Waals surface area contributed by atoms with E-state index in [1.165, 1.54) is 12.0 Å². The third-order valence-electron chi connectivity index (χ3n) is 3.95. The number of anilines is 1. The molecule has 0 spiro atoms. The SMILES string of the molecule is COc1ccc(C(=O)NCCOCCOCCN)cc1N1CCC(=O)NC1=O. The van der Waals surface area contributed by atoms with E-state index in [1.54, 1.807) is 18.2 Å². The summed E-state index contributed by atoms with van der Waals surface area (Å²) in [5.74, 6) is -0.204. The van der Waals surface area contributed by atoms with Gasteiger partial charge in [-0.05, 0) is 18.2 Å². The average molecular weight is 394 g/mol. The number of benzene rings is 1. The van der Waals surface area contributed by atoms with Crippen molar-refractivity contribution in [3.05, 3.63) is 23.8 Å². The molecule has 1 fully saturated rings. The highest BCUT2D eigenvalue weighted by atomic mass is 16.5. The maximum absolute atomic E-state index is 12.4. The number of urea groups is 1. The van der Waals surface area contributed by atoms with Crippen LogP contribution in [0.15, 0.2) is 18.2 Å². The molecule has 0 saturated carbocycles. The van der Waals surface area contributed by atoms with E-state index in [2.05, 4.69) is 10.6 Å². The maximum Gasteiger partial charge on any atom is 0.328 e. The van der Waals surface area contributed by atoms with Gasteiger partial charge < -0.3 is 25.3 Å². The Morgan fingerprint density at radius 1 is 1.21 bits per heavy atom. The van der Waals surface area contributed by atoms with Gasteiger partial charge in [-0.3, -0.25) is 19.8 Å². The largest absolute Gasteiger partial charge is 0.495 e. The van der Waals surface area contributed by atoms with Gasteiger partial charge in [-0.2, -0.15) is 0 Å². The van der Waals surface area contributed by atoms with E-state index < -0.39 is 6.03 Å². The number of nitrogens with one attached hydrogen (secondary N) is 2. The highest BCUT2D eigenvalue weighted by Gasteiger charge is 2.27. The summed E-state index contributed by atoms with van der Waals surface area (Å²) in [7, 11) is 1.47. The van der Waals surface area contributed by atoms with Crippen molar-refractivity contribution in [1.29, 1.82) is 0 Å². The first-order valence-electron chi connectivity index (χ1n) is 9.00. The number of nitrogens with zero attached hydrogens (tertiary/aromatic N) is 1. The lowest BCUT2D eigenvalue weighted by molar-refractivity contribution is -0.120. The molecular weight excluding hydrogens is 368 g/mol. The summed E-state index contributed by atoms with van der Waals surface area (Å²) < 4.78 is 15.8. The summed E-state index contributed by atoms with van der Waals surface area (Å²) in [6, 6.07) is 4.23.